The number of guanidine groups is 1. The Hall–Kier alpha value is -1.24. The van der Waals surface area contributed by atoms with Crippen LogP contribution in [0.5, 0.6) is 0 Å². The molecule has 0 saturated heterocycles. The van der Waals surface area contributed by atoms with E-state index in [1.807, 2.05) is 26.0 Å². The number of sulfonamides is 1. The minimum absolute atomic E-state index is 0. The van der Waals surface area contributed by atoms with Crippen LogP contribution >= 0.6 is 35.3 Å². The molecule has 10 heteroatoms. The summed E-state index contributed by atoms with van der Waals surface area (Å²) in [6.45, 7) is 9.17. The maximum Gasteiger partial charge on any atom is 0.240 e. The molecule has 2 rings (SSSR count). The average Bonchev–Trinajstić information content (AvgIpc) is 2.96. The molecular formula is C19H30IN5O2S2. The van der Waals surface area contributed by atoms with Gasteiger partial charge in [0.05, 0.1) is 15.6 Å². The first kappa shape index (κ1) is 25.8. The Kier molecular flexibility index (Phi) is 10.5. The predicted molar refractivity (Wildman–Crippen MR) is 131 cm³/mol. The second kappa shape index (κ2) is 11.8. The summed E-state index contributed by atoms with van der Waals surface area (Å²) >= 11 is 1.71. The zero-order valence-corrected chi connectivity index (χ0v) is 21.5. The van der Waals surface area contributed by atoms with Crippen molar-refractivity contribution in [3.05, 3.63) is 44.9 Å². The number of nitrogens with one attached hydrogen (secondary N) is 3. The van der Waals surface area contributed by atoms with Crippen molar-refractivity contribution in [2.24, 2.45) is 4.99 Å². The van der Waals surface area contributed by atoms with Gasteiger partial charge in [0.25, 0.3) is 0 Å². The number of benzene rings is 1. The highest BCUT2D eigenvalue weighted by Gasteiger charge is 2.16. The SMILES string of the molecule is CN=C(NCCNS(=O)(=O)c1cc(C)ccc1C)NCCc1nc(C)c(C)s1.I. The van der Waals surface area contributed by atoms with Gasteiger partial charge < -0.3 is 10.6 Å². The number of aromatic nitrogens is 1. The minimum atomic E-state index is -3.53. The van der Waals surface area contributed by atoms with Crippen LogP contribution in [-0.2, 0) is 16.4 Å². The number of halogens is 1. The van der Waals surface area contributed by atoms with E-state index in [0.29, 0.717) is 23.9 Å². The van der Waals surface area contributed by atoms with Crippen LogP contribution in [0.4, 0.5) is 0 Å². The lowest BCUT2D eigenvalue weighted by atomic mass is 10.2. The van der Waals surface area contributed by atoms with Crippen molar-refractivity contribution in [1.82, 2.24) is 20.3 Å². The van der Waals surface area contributed by atoms with Crippen LogP contribution in [0.25, 0.3) is 0 Å². The standard InChI is InChI=1S/C19H29N5O2S2.HI/c1-13-6-7-14(2)17(12-13)28(25,26)23-11-10-22-19(20-5)21-9-8-18-24-15(3)16(4)27-18;/h6-7,12,23H,8-11H2,1-5H3,(H2,20,21,22);1H. The third kappa shape index (κ3) is 7.83. The highest BCUT2D eigenvalue weighted by Crippen LogP contribution is 2.17. The molecule has 2 aromatic rings. The largest absolute Gasteiger partial charge is 0.356 e. The fourth-order valence-corrected chi connectivity index (χ4v) is 4.89. The second-order valence-corrected chi connectivity index (χ2v) is 9.61. The van der Waals surface area contributed by atoms with Crippen molar-refractivity contribution in [2.75, 3.05) is 26.7 Å². The molecule has 0 fully saturated rings. The summed E-state index contributed by atoms with van der Waals surface area (Å²) in [5, 5.41) is 7.43. The van der Waals surface area contributed by atoms with Gasteiger partial charge in [0.15, 0.2) is 5.96 Å². The van der Waals surface area contributed by atoms with Crippen molar-refractivity contribution < 1.29 is 8.42 Å². The number of hydrogen-bond acceptors (Lipinski definition) is 5. The Morgan fingerprint density at radius 1 is 1.10 bits per heavy atom. The summed E-state index contributed by atoms with van der Waals surface area (Å²) < 4.78 is 27.6. The number of hydrogen-bond donors (Lipinski definition) is 3. The third-order valence-electron chi connectivity index (χ3n) is 4.27. The predicted octanol–water partition coefficient (Wildman–Crippen LogP) is 2.68. The van der Waals surface area contributed by atoms with Crippen molar-refractivity contribution in [3.8, 4) is 0 Å². The van der Waals surface area contributed by atoms with Crippen molar-refractivity contribution in [3.63, 3.8) is 0 Å². The van der Waals surface area contributed by atoms with Crippen molar-refractivity contribution in [1.29, 1.82) is 0 Å². The molecule has 0 bridgehead atoms. The molecule has 0 aliphatic rings. The zero-order valence-electron chi connectivity index (χ0n) is 17.5. The van der Waals surface area contributed by atoms with E-state index in [1.54, 1.807) is 31.4 Å². The first-order valence-electron chi connectivity index (χ1n) is 9.17. The number of nitrogens with zero attached hydrogens (tertiary/aromatic N) is 2. The summed E-state index contributed by atoms with van der Waals surface area (Å²) in [5.41, 5.74) is 2.73. The molecule has 0 spiro atoms. The quantitative estimate of drug-likeness (QED) is 0.203. The number of aryl methyl sites for hydroxylation is 4. The van der Waals surface area contributed by atoms with Gasteiger partial charge in [-0.15, -0.1) is 35.3 Å². The van der Waals surface area contributed by atoms with Crippen molar-refractivity contribution in [2.45, 2.75) is 39.0 Å². The maximum atomic E-state index is 12.5. The molecule has 1 aromatic carbocycles. The maximum absolute atomic E-state index is 12.5. The molecule has 0 amide bonds. The summed E-state index contributed by atoms with van der Waals surface area (Å²) in [4.78, 5) is 10.2. The minimum Gasteiger partial charge on any atom is -0.356 e. The van der Waals surface area contributed by atoms with Gasteiger partial charge in [-0.05, 0) is 44.9 Å². The van der Waals surface area contributed by atoms with E-state index in [0.717, 1.165) is 28.2 Å². The lowest BCUT2D eigenvalue weighted by molar-refractivity contribution is 0.580. The van der Waals surface area contributed by atoms with Crippen LogP contribution in [-0.4, -0.2) is 46.0 Å². The van der Waals surface area contributed by atoms with Gasteiger partial charge in [0, 0.05) is 38.0 Å². The molecule has 0 saturated carbocycles. The van der Waals surface area contributed by atoms with Gasteiger partial charge in [-0.25, -0.2) is 18.1 Å². The molecule has 1 aromatic heterocycles. The van der Waals surface area contributed by atoms with Crippen LogP contribution < -0.4 is 15.4 Å². The van der Waals surface area contributed by atoms with Gasteiger partial charge in [0.2, 0.25) is 10.0 Å². The Morgan fingerprint density at radius 3 is 2.41 bits per heavy atom. The first-order chi connectivity index (χ1) is 13.2. The van der Waals surface area contributed by atoms with Gasteiger partial charge >= 0.3 is 0 Å². The van der Waals surface area contributed by atoms with Gasteiger partial charge in [-0.2, -0.15) is 0 Å². The number of thiazole rings is 1. The van der Waals surface area contributed by atoms with Gasteiger partial charge in [-0.1, -0.05) is 12.1 Å². The number of aliphatic imine (C=N–C) groups is 1. The Balaban J connectivity index is 0.00000420. The molecule has 0 aliphatic carbocycles. The lowest BCUT2D eigenvalue weighted by Gasteiger charge is -2.13. The van der Waals surface area contributed by atoms with E-state index < -0.39 is 10.0 Å². The Bertz CT molecular complexity index is 923. The molecule has 0 atom stereocenters. The van der Waals surface area contributed by atoms with Crippen molar-refractivity contribution >= 4 is 51.3 Å². The Morgan fingerprint density at radius 2 is 1.79 bits per heavy atom. The summed E-state index contributed by atoms with van der Waals surface area (Å²) in [5.74, 6) is 0.635. The van der Waals surface area contributed by atoms with E-state index in [9.17, 15) is 8.42 Å². The van der Waals surface area contributed by atoms with E-state index in [2.05, 4.69) is 32.3 Å². The fourth-order valence-electron chi connectivity index (χ4n) is 2.60. The van der Waals surface area contributed by atoms with Gasteiger partial charge in [-0.3, -0.25) is 4.99 Å². The monoisotopic (exact) mass is 551 g/mol. The van der Waals surface area contributed by atoms with Crippen LogP contribution in [0.1, 0.15) is 26.7 Å². The second-order valence-electron chi connectivity index (χ2n) is 6.59. The van der Waals surface area contributed by atoms with Crippen LogP contribution in [0.15, 0.2) is 28.1 Å². The van der Waals surface area contributed by atoms with Gasteiger partial charge in [0.1, 0.15) is 0 Å². The molecule has 0 radical (unpaired) electrons. The average molecular weight is 552 g/mol. The van der Waals surface area contributed by atoms with E-state index in [1.165, 1.54) is 4.88 Å². The van der Waals surface area contributed by atoms with Crippen LogP contribution in [0.2, 0.25) is 0 Å². The molecule has 29 heavy (non-hydrogen) atoms. The normalized spacial score (nSPS) is 11.8. The van der Waals surface area contributed by atoms with E-state index in [-0.39, 0.29) is 30.5 Å². The highest BCUT2D eigenvalue weighted by atomic mass is 127. The van der Waals surface area contributed by atoms with E-state index >= 15 is 0 Å². The molecule has 1 heterocycles. The smallest absolute Gasteiger partial charge is 0.240 e. The lowest BCUT2D eigenvalue weighted by Crippen LogP contribution is -2.42. The summed E-state index contributed by atoms with van der Waals surface area (Å²) in [7, 11) is -1.84. The molecule has 3 N–H and O–H groups in total. The first-order valence-corrected chi connectivity index (χ1v) is 11.5. The summed E-state index contributed by atoms with van der Waals surface area (Å²) in [6, 6.07) is 5.41. The van der Waals surface area contributed by atoms with Crippen LogP contribution in [0.3, 0.4) is 0 Å². The molecule has 162 valence electrons. The van der Waals surface area contributed by atoms with Crippen LogP contribution in [0, 0.1) is 27.7 Å². The third-order valence-corrected chi connectivity index (χ3v) is 7.01. The molecule has 0 aliphatic heterocycles. The summed E-state index contributed by atoms with van der Waals surface area (Å²) in [6.07, 6.45) is 0.819. The Labute approximate surface area is 194 Å². The zero-order chi connectivity index (χ0) is 20.7. The molecule has 0 unspecified atom stereocenters. The molecule has 7 nitrogen and oxygen atoms in total. The fraction of sp³-hybridized carbons (Fsp3) is 0.474. The molecular weight excluding hydrogens is 521 g/mol. The number of rotatable bonds is 8. The highest BCUT2D eigenvalue weighted by molar-refractivity contribution is 14.0. The van der Waals surface area contributed by atoms with E-state index in [4.69, 9.17) is 0 Å². The topological polar surface area (TPSA) is 95.5 Å².